The van der Waals surface area contributed by atoms with E-state index in [4.69, 9.17) is 9.47 Å². The Kier molecular flexibility index (Phi) is 5.78. The standard InChI is InChI=1S/C15H15NO4S/c17-14(16-9-13-7-4-8-21-13)10-20-15(18)11-19-12-5-2-1-3-6-12/h1-8H,9-11H2,(H,16,17). The van der Waals surface area contributed by atoms with Crippen LogP contribution in [0.25, 0.3) is 0 Å². The Bertz CT molecular complexity index is 569. The van der Waals surface area contributed by atoms with E-state index in [0.717, 1.165) is 4.88 Å². The molecule has 6 heteroatoms. The Morgan fingerprint density at radius 3 is 2.57 bits per heavy atom. The molecule has 0 aliphatic carbocycles. The van der Waals surface area contributed by atoms with E-state index in [9.17, 15) is 9.59 Å². The predicted molar refractivity (Wildman–Crippen MR) is 79.1 cm³/mol. The fraction of sp³-hybridized carbons (Fsp3) is 0.200. The van der Waals surface area contributed by atoms with Gasteiger partial charge in [0.05, 0.1) is 6.54 Å². The molecule has 2 aromatic rings. The number of carbonyl (C=O) groups is 2. The lowest BCUT2D eigenvalue weighted by molar-refractivity contribution is -0.150. The van der Waals surface area contributed by atoms with Crippen LogP contribution in [0.3, 0.4) is 0 Å². The highest BCUT2D eigenvalue weighted by Crippen LogP contribution is 2.08. The van der Waals surface area contributed by atoms with Gasteiger partial charge in [0.1, 0.15) is 5.75 Å². The van der Waals surface area contributed by atoms with Crippen LogP contribution in [0.4, 0.5) is 0 Å². The van der Waals surface area contributed by atoms with Crippen molar-refractivity contribution in [1.29, 1.82) is 0 Å². The average Bonchev–Trinajstić information content (AvgIpc) is 3.03. The molecular formula is C15H15NO4S. The van der Waals surface area contributed by atoms with Crippen LogP contribution in [0.5, 0.6) is 5.75 Å². The maximum atomic E-state index is 11.5. The molecule has 2 rings (SSSR count). The molecule has 1 aromatic heterocycles. The minimum atomic E-state index is -0.579. The number of thiophene rings is 1. The van der Waals surface area contributed by atoms with Crippen LogP contribution in [-0.2, 0) is 20.9 Å². The Morgan fingerprint density at radius 2 is 1.86 bits per heavy atom. The number of benzene rings is 1. The van der Waals surface area contributed by atoms with Crippen molar-refractivity contribution in [2.24, 2.45) is 0 Å². The Labute approximate surface area is 126 Å². The summed E-state index contributed by atoms with van der Waals surface area (Å²) in [5.41, 5.74) is 0. The van der Waals surface area contributed by atoms with Crippen LogP contribution in [-0.4, -0.2) is 25.1 Å². The molecule has 0 saturated carbocycles. The van der Waals surface area contributed by atoms with E-state index in [-0.39, 0.29) is 19.1 Å². The van der Waals surface area contributed by atoms with Crippen molar-refractivity contribution < 1.29 is 19.1 Å². The quantitative estimate of drug-likeness (QED) is 0.795. The van der Waals surface area contributed by atoms with E-state index in [1.807, 2.05) is 23.6 Å². The first-order chi connectivity index (χ1) is 10.2. The third-order valence-electron chi connectivity index (χ3n) is 2.50. The van der Waals surface area contributed by atoms with E-state index < -0.39 is 5.97 Å². The number of hydrogen-bond acceptors (Lipinski definition) is 5. The molecular weight excluding hydrogens is 290 g/mol. The molecule has 0 atom stereocenters. The zero-order valence-corrected chi connectivity index (χ0v) is 12.1. The zero-order chi connectivity index (χ0) is 14.9. The molecule has 1 heterocycles. The lowest BCUT2D eigenvalue weighted by Gasteiger charge is -2.07. The largest absolute Gasteiger partial charge is 0.482 e. The Morgan fingerprint density at radius 1 is 1.05 bits per heavy atom. The summed E-state index contributed by atoms with van der Waals surface area (Å²) in [6.07, 6.45) is 0. The summed E-state index contributed by atoms with van der Waals surface area (Å²) in [6.45, 7) is -0.0842. The Hall–Kier alpha value is -2.34. The summed E-state index contributed by atoms with van der Waals surface area (Å²) in [7, 11) is 0. The van der Waals surface area contributed by atoms with Gasteiger partial charge >= 0.3 is 5.97 Å². The summed E-state index contributed by atoms with van der Waals surface area (Å²) in [5.74, 6) is -0.335. The van der Waals surface area contributed by atoms with Crippen molar-refractivity contribution in [2.45, 2.75) is 6.54 Å². The van der Waals surface area contributed by atoms with E-state index in [0.29, 0.717) is 12.3 Å². The number of para-hydroxylation sites is 1. The van der Waals surface area contributed by atoms with Gasteiger partial charge < -0.3 is 14.8 Å². The summed E-state index contributed by atoms with van der Waals surface area (Å²) >= 11 is 1.55. The van der Waals surface area contributed by atoms with Gasteiger partial charge in [0.15, 0.2) is 13.2 Å². The maximum absolute atomic E-state index is 11.5. The van der Waals surface area contributed by atoms with Crippen LogP contribution in [0.1, 0.15) is 4.88 Å². The number of ether oxygens (including phenoxy) is 2. The first kappa shape index (κ1) is 15.1. The van der Waals surface area contributed by atoms with E-state index in [1.165, 1.54) is 0 Å². The van der Waals surface area contributed by atoms with Crippen molar-refractivity contribution in [3.8, 4) is 5.75 Å². The van der Waals surface area contributed by atoms with Crippen molar-refractivity contribution in [1.82, 2.24) is 5.32 Å². The zero-order valence-electron chi connectivity index (χ0n) is 11.3. The minimum Gasteiger partial charge on any atom is -0.482 e. The number of hydrogen-bond donors (Lipinski definition) is 1. The van der Waals surface area contributed by atoms with Crippen molar-refractivity contribution in [3.05, 3.63) is 52.7 Å². The van der Waals surface area contributed by atoms with Crippen LogP contribution in [0.15, 0.2) is 47.8 Å². The lowest BCUT2D eigenvalue weighted by atomic mass is 10.3. The molecule has 5 nitrogen and oxygen atoms in total. The minimum absolute atomic E-state index is 0.220. The molecule has 0 fully saturated rings. The fourth-order valence-electron chi connectivity index (χ4n) is 1.50. The molecule has 0 unspecified atom stereocenters. The molecule has 0 saturated heterocycles. The maximum Gasteiger partial charge on any atom is 0.344 e. The summed E-state index contributed by atoms with van der Waals surface area (Å²) in [4.78, 5) is 24.0. The smallest absolute Gasteiger partial charge is 0.344 e. The van der Waals surface area contributed by atoms with Gasteiger partial charge in [-0.15, -0.1) is 11.3 Å². The third-order valence-corrected chi connectivity index (χ3v) is 3.38. The second-order valence-corrected chi connectivity index (χ2v) is 5.15. The predicted octanol–water partition coefficient (Wildman–Crippen LogP) is 1.99. The first-order valence-corrected chi connectivity index (χ1v) is 7.24. The molecule has 1 N–H and O–H groups in total. The van der Waals surface area contributed by atoms with Gasteiger partial charge in [-0.2, -0.15) is 0 Å². The molecule has 1 aromatic carbocycles. The van der Waals surface area contributed by atoms with Gasteiger partial charge in [0.2, 0.25) is 0 Å². The normalized spacial score (nSPS) is 9.90. The molecule has 0 radical (unpaired) electrons. The van der Waals surface area contributed by atoms with Crippen molar-refractivity contribution >= 4 is 23.2 Å². The number of nitrogens with one attached hydrogen (secondary N) is 1. The highest BCUT2D eigenvalue weighted by molar-refractivity contribution is 7.09. The van der Waals surface area contributed by atoms with Crippen LogP contribution in [0.2, 0.25) is 0 Å². The second kappa shape index (κ2) is 8.06. The highest BCUT2D eigenvalue weighted by Gasteiger charge is 2.08. The fourth-order valence-corrected chi connectivity index (χ4v) is 2.14. The van der Waals surface area contributed by atoms with Crippen molar-refractivity contribution in [3.63, 3.8) is 0 Å². The first-order valence-electron chi connectivity index (χ1n) is 6.36. The summed E-state index contributed by atoms with van der Waals surface area (Å²) in [5, 5.41) is 4.60. The molecule has 0 aliphatic heterocycles. The van der Waals surface area contributed by atoms with Gasteiger partial charge in [-0.1, -0.05) is 24.3 Å². The topological polar surface area (TPSA) is 64.6 Å². The molecule has 0 spiro atoms. The van der Waals surface area contributed by atoms with Gasteiger partial charge in [-0.3, -0.25) is 4.79 Å². The molecule has 110 valence electrons. The van der Waals surface area contributed by atoms with E-state index in [1.54, 1.807) is 35.6 Å². The number of carbonyl (C=O) groups excluding carboxylic acids is 2. The van der Waals surface area contributed by atoms with Gasteiger partial charge in [-0.25, -0.2) is 4.79 Å². The number of amides is 1. The van der Waals surface area contributed by atoms with E-state index in [2.05, 4.69) is 5.32 Å². The van der Waals surface area contributed by atoms with Crippen LogP contribution < -0.4 is 10.1 Å². The van der Waals surface area contributed by atoms with Crippen LogP contribution >= 0.6 is 11.3 Å². The summed E-state index contributed by atoms with van der Waals surface area (Å²) in [6, 6.07) is 12.8. The number of rotatable bonds is 7. The molecule has 1 amide bonds. The lowest BCUT2D eigenvalue weighted by Crippen LogP contribution is -2.29. The molecule has 0 aliphatic rings. The van der Waals surface area contributed by atoms with E-state index >= 15 is 0 Å². The van der Waals surface area contributed by atoms with Gasteiger partial charge in [-0.05, 0) is 23.6 Å². The van der Waals surface area contributed by atoms with Gasteiger partial charge in [0.25, 0.3) is 5.91 Å². The Balaban J connectivity index is 1.61. The second-order valence-electron chi connectivity index (χ2n) is 4.12. The molecule has 0 bridgehead atoms. The van der Waals surface area contributed by atoms with Crippen molar-refractivity contribution in [2.75, 3.05) is 13.2 Å². The molecule has 21 heavy (non-hydrogen) atoms. The number of esters is 1. The SMILES string of the molecule is O=C(COC(=O)COc1ccccc1)NCc1cccs1. The summed E-state index contributed by atoms with van der Waals surface area (Å²) < 4.78 is 10.0. The average molecular weight is 305 g/mol. The van der Waals surface area contributed by atoms with Crippen LogP contribution in [0, 0.1) is 0 Å². The monoisotopic (exact) mass is 305 g/mol. The van der Waals surface area contributed by atoms with Gasteiger partial charge in [0, 0.05) is 4.88 Å². The highest BCUT2D eigenvalue weighted by atomic mass is 32.1. The third kappa shape index (κ3) is 5.66.